The normalized spacial score (nSPS) is 10.8. The Balaban J connectivity index is 1.58. The van der Waals surface area contributed by atoms with Crippen molar-refractivity contribution < 1.29 is 13.5 Å². The van der Waals surface area contributed by atoms with Gasteiger partial charge in [-0.2, -0.15) is 0 Å². The van der Waals surface area contributed by atoms with Crippen LogP contribution in [0.5, 0.6) is 0 Å². The zero-order chi connectivity index (χ0) is 14.9. The molecule has 0 unspecified atom stereocenters. The zero-order valence-corrected chi connectivity index (χ0v) is 11.8. The van der Waals surface area contributed by atoms with Gasteiger partial charge in [0.15, 0.2) is 0 Å². The van der Waals surface area contributed by atoms with Crippen LogP contribution in [0.1, 0.15) is 17.5 Å². The van der Waals surface area contributed by atoms with Gasteiger partial charge in [0.2, 0.25) is 0 Å². The summed E-state index contributed by atoms with van der Waals surface area (Å²) in [5, 5.41) is 3.29. The Morgan fingerprint density at radius 1 is 0.905 bits per heavy atom. The van der Waals surface area contributed by atoms with E-state index < -0.39 is 11.6 Å². The van der Waals surface area contributed by atoms with Gasteiger partial charge in [-0.1, -0.05) is 36.4 Å². The first-order valence-electron chi connectivity index (χ1n) is 7.02. The molecule has 2 aromatic carbocycles. The monoisotopic (exact) mass is 291 g/mol. The molecule has 0 fully saturated rings. The van der Waals surface area contributed by atoms with Crippen LogP contribution >= 0.6 is 0 Å². The third-order valence-electron chi connectivity index (χ3n) is 3.12. The van der Waals surface area contributed by atoms with Gasteiger partial charge < -0.3 is 10.1 Å². The van der Waals surface area contributed by atoms with E-state index in [0.29, 0.717) is 6.61 Å². The van der Waals surface area contributed by atoms with Crippen LogP contribution in [0.4, 0.5) is 8.78 Å². The Hall–Kier alpha value is -1.78. The molecule has 21 heavy (non-hydrogen) atoms. The van der Waals surface area contributed by atoms with Crippen molar-refractivity contribution in [3.05, 3.63) is 71.3 Å². The van der Waals surface area contributed by atoms with Crippen LogP contribution in [-0.4, -0.2) is 13.2 Å². The standard InChI is InChI=1S/C17H19F2NO/c18-16-8-4-9-17(19)15(16)13-21-11-5-10-20-12-14-6-2-1-3-7-14/h1-4,6-9,20H,5,10-13H2. The lowest BCUT2D eigenvalue weighted by atomic mass is 10.2. The molecule has 2 nitrogen and oxygen atoms in total. The first-order chi connectivity index (χ1) is 10.3. The van der Waals surface area contributed by atoms with E-state index in [2.05, 4.69) is 17.4 Å². The summed E-state index contributed by atoms with van der Waals surface area (Å²) in [4.78, 5) is 0. The van der Waals surface area contributed by atoms with Crippen molar-refractivity contribution in [1.82, 2.24) is 5.32 Å². The van der Waals surface area contributed by atoms with Crippen LogP contribution in [0.3, 0.4) is 0 Å². The fourth-order valence-electron chi connectivity index (χ4n) is 1.97. The highest BCUT2D eigenvalue weighted by atomic mass is 19.1. The minimum absolute atomic E-state index is 0.00487. The second-order valence-electron chi connectivity index (χ2n) is 4.77. The number of hydrogen-bond acceptors (Lipinski definition) is 2. The second kappa shape index (κ2) is 8.49. The Kier molecular flexibility index (Phi) is 6.31. The number of rotatable bonds is 8. The highest BCUT2D eigenvalue weighted by Crippen LogP contribution is 2.12. The molecule has 0 saturated heterocycles. The summed E-state index contributed by atoms with van der Waals surface area (Å²) in [6.07, 6.45) is 0.795. The average molecular weight is 291 g/mol. The third-order valence-corrected chi connectivity index (χ3v) is 3.12. The van der Waals surface area contributed by atoms with Gasteiger partial charge in [-0.3, -0.25) is 0 Å². The van der Waals surface area contributed by atoms with Gasteiger partial charge in [0.05, 0.1) is 6.61 Å². The van der Waals surface area contributed by atoms with E-state index >= 15 is 0 Å². The molecule has 0 aliphatic carbocycles. The number of benzene rings is 2. The van der Waals surface area contributed by atoms with Gasteiger partial charge >= 0.3 is 0 Å². The molecular weight excluding hydrogens is 272 g/mol. The quantitative estimate of drug-likeness (QED) is 0.749. The average Bonchev–Trinajstić information content (AvgIpc) is 2.50. The zero-order valence-electron chi connectivity index (χ0n) is 11.8. The van der Waals surface area contributed by atoms with Crippen LogP contribution < -0.4 is 5.32 Å². The van der Waals surface area contributed by atoms with E-state index in [4.69, 9.17) is 4.74 Å². The van der Waals surface area contributed by atoms with Crippen molar-refractivity contribution in [2.75, 3.05) is 13.2 Å². The van der Waals surface area contributed by atoms with E-state index in [9.17, 15) is 8.78 Å². The van der Waals surface area contributed by atoms with E-state index in [1.165, 1.54) is 23.8 Å². The summed E-state index contributed by atoms with van der Waals surface area (Å²) in [6, 6.07) is 13.9. The summed E-state index contributed by atoms with van der Waals surface area (Å²) in [5.74, 6) is -1.12. The first kappa shape index (κ1) is 15.6. The summed E-state index contributed by atoms with van der Waals surface area (Å²) >= 11 is 0. The third kappa shape index (κ3) is 5.25. The number of ether oxygens (including phenoxy) is 1. The highest BCUT2D eigenvalue weighted by Gasteiger charge is 2.07. The summed E-state index contributed by atoms with van der Waals surface area (Å²) < 4.78 is 32.0. The SMILES string of the molecule is Fc1cccc(F)c1COCCCNCc1ccccc1. The molecule has 0 bridgehead atoms. The van der Waals surface area contributed by atoms with Crippen LogP contribution in [0.15, 0.2) is 48.5 Å². The van der Waals surface area contributed by atoms with Gasteiger partial charge in [0, 0.05) is 18.7 Å². The van der Waals surface area contributed by atoms with E-state index in [1.54, 1.807) is 0 Å². The lowest BCUT2D eigenvalue weighted by Crippen LogP contribution is -2.16. The summed E-state index contributed by atoms with van der Waals surface area (Å²) in [7, 11) is 0. The molecule has 0 aliphatic heterocycles. The van der Waals surface area contributed by atoms with Crippen LogP contribution in [0.25, 0.3) is 0 Å². The molecule has 4 heteroatoms. The molecule has 2 aromatic rings. The molecule has 1 N–H and O–H groups in total. The number of hydrogen-bond donors (Lipinski definition) is 1. The molecule has 0 aromatic heterocycles. The molecule has 112 valence electrons. The Bertz CT molecular complexity index is 525. The van der Waals surface area contributed by atoms with Gasteiger partial charge in [-0.25, -0.2) is 8.78 Å². The minimum atomic E-state index is -0.558. The van der Waals surface area contributed by atoms with Crippen molar-refractivity contribution in [2.24, 2.45) is 0 Å². The number of nitrogens with one attached hydrogen (secondary N) is 1. The fraction of sp³-hybridized carbons (Fsp3) is 0.294. The second-order valence-corrected chi connectivity index (χ2v) is 4.77. The predicted octanol–water partition coefficient (Wildman–Crippen LogP) is 3.66. The smallest absolute Gasteiger partial charge is 0.131 e. The molecule has 2 rings (SSSR count). The Labute approximate surface area is 123 Å². The van der Waals surface area contributed by atoms with Gasteiger partial charge in [0.25, 0.3) is 0 Å². The maximum absolute atomic E-state index is 13.3. The van der Waals surface area contributed by atoms with E-state index in [0.717, 1.165) is 19.5 Å². The minimum Gasteiger partial charge on any atom is -0.376 e. The fourth-order valence-corrected chi connectivity index (χ4v) is 1.97. The first-order valence-corrected chi connectivity index (χ1v) is 7.02. The highest BCUT2D eigenvalue weighted by molar-refractivity contribution is 5.18. The Morgan fingerprint density at radius 3 is 2.33 bits per heavy atom. The van der Waals surface area contributed by atoms with Crippen molar-refractivity contribution in [1.29, 1.82) is 0 Å². The lowest BCUT2D eigenvalue weighted by molar-refractivity contribution is 0.113. The summed E-state index contributed by atoms with van der Waals surface area (Å²) in [6.45, 7) is 2.05. The molecular formula is C17H19F2NO. The van der Waals surface area contributed by atoms with E-state index in [1.807, 2.05) is 18.2 Å². The lowest BCUT2D eigenvalue weighted by Gasteiger charge is -2.07. The maximum atomic E-state index is 13.3. The molecule has 0 amide bonds. The van der Waals surface area contributed by atoms with Crippen LogP contribution in [0.2, 0.25) is 0 Å². The molecule has 0 atom stereocenters. The molecule has 0 saturated carbocycles. The van der Waals surface area contributed by atoms with Gasteiger partial charge in [-0.05, 0) is 30.7 Å². The predicted molar refractivity (Wildman–Crippen MR) is 78.8 cm³/mol. The topological polar surface area (TPSA) is 21.3 Å². The Morgan fingerprint density at radius 2 is 1.62 bits per heavy atom. The molecule has 0 heterocycles. The summed E-state index contributed by atoms with van der Waals surface area (Å²) in [5.41, 5.74) is 1.22. The van der Waals surface area contributed by atoms with E-state index in [-0.39, 0.29) is 12.2 Å². The van der Waals surface area contributed by atoms with Gasteiger partial charge in [0.1, 0.15) is 11.6 Å². The number of halogens is 2. The molecule has 0 aliphatic rings. The molecule has 0 radical (unpaired) electrons. The van der Waals surface area contributed by atoms with Crippen LogP contribution in [-0.2, 0) is 17.9 Å². The van der Waals surface area contributed by atoms with Crippen LogP contribution in [0, 0.1) is 11.6 Å². The van der Waals surface area contributed by atoms with Crippen molar-refractivity contribution in [2.45, 2.75) is 19.6 Å². The van der Waals surface area contributed by atoms with Crippen molar-refractivity contribution >= 4 is 0 Å². The van der Waals surface area contributed by atoms with Crippen molar-refractivity contribution in [3.8, 4) is 0 Å². The largest absolute Gasteiger partial charge is 0.376 e. The maximum Gasteiger partial charge on any atom is 0.131 e. The van der Waals surface area contributed by atoms with Gasteiger partial charge in [-0.15, -0.1) is 0 Å². The van der Waals surface area contributed by atoms with Crippen molar-refractivity contribution in [3.63, 3.8) is 0 Å². The molecule has 0 spiro atoms.